The molecule has 72 valence electrons. The Morgan fingerprint density at radius 3 is 2.00 bits per heavy atom. The fourth-order valence-corrected chi connectivity index (χ4v) is 0.891. The first-order chi connectivity index (χ1) is 5.84. The Morgan fingerprint density at radius 2 is 1.54 bits per heavy atom. The Balaban J connectivity index is 3.35. The van der Waals surface area contributed by atoms with E-state index in [1.807, 2.05) is 0 Å². The van der Waals surface area contributed by atoms with Gasteiger partial charge in [-0.25, -0.2) is 13.2 Å². The van der Waals surface area contributed by atoms with Gasteiger partial charge in [0.1, 0.15) is 0 Å². The highest BCUT2D eigenvalue weighted by Crippen LogP contribution is 2.35. The van der Waals surface area contributed by atoms with Gasteiger partial charge in [-0.15, -0.1) is 0 Å². The van der Waals surface area contributed by atoms with E-state index in [2.05, 4.69) is 11.6 Å². The Hall–Kier alpha value is -0.840. The van der Waals surface area contributed by atoms with E-state index in [0.717, 1.165) is 0 Å². The number of rotatable bonds is 1. The summed E-state index contributed by atoms with van der Waals surface area (Å²) in [4.78, 5) is 0. The number of hydrogen-bond acceptors (Lipinski definition) is 0. The molecule has 0 amide bonds. The summed E-state index contributed by atoms with van der Waals surface area (Å²) >= 11 is 4.43. The normalized spacial score (nSPS) is 11.8. The molecule has 6 heteroatoms. The predicted octanol–water partition coefficient (Wildman–Crippen LogP) is 3.39. The van der Waals surface area contributed by atoms with Crippen molar-refractivity contribution in [1.29, 1.82) is 0 Å². The molecule has 1 aromatic carbocycles. The van der Waals surface area contributed by atoms with Crippen molar-refractivity contribution in [3.8, 4) is 0 Å². The van der Waals surface area contributed by atoms with Crippen molar-refractivity contribution in [1.82, 2.24) is 0 Å². The molecule has 0 aliphatic heterocycles. The molecule has 0 spiro atoms. The first-order valence-corrected chi connectivity index (χ1v) is 3.42. The lowest BCUT2D eigenvalue weighted by Gasteiger charge is -2.09. The Bertz CT molecular complexity index is 330. The summed E-state index contributed by atoms with van der Waals surface area (Å²) < 4.78 is 61.7. The van der Waals surface area contributed by atoms with Gasteiger partial charge >= 0.3 is 5.38 Å². The molecule has 13 heavy (non-hydrogen) atoms. The fraction of sp³-hybridized carbons (Fsp3) is 0.143. The second kappa shape index (κ2) is 3.14. The zero-order valence-corrected chi connectivity index (χ0v) is 6.68. The third kappa shape index (κ3) is 1.91. The maximum Gasteiger partial charge on any atom is 0.351 e. The van der Waals surface area contributed by atoms with Gasteiger partial charge in [0.2, 0.25) is 0 Å². The zero-order valence-electron chi connectivity index (χ0n) is 5.92. The van der Waals surface area contributed by atoms with E-state index in [-0.39, 0.29) is 0 Å². The number of alkyl halides is 3. The van der Waals surface area contributed by atoms with E-state index < -0.39 is 28.4 Å². The van der Waals surface area contributed by atoms with Crippen LogP contribution in [0.25, 0.3) is 0 Å². The molecular formula is C7H2ClF5. The monoisotopic (exact) mass is 216 g/mol. The van der Waals surface area contributed by atoms with Crippen LogP contribution in [0.4, 0.5) is 22.0 Å². The van der Waals surface area contributed by atoms with Gasteiger partial charge in [-0.05, 0) is 23.7 Å². The first kappa shape index (κ1) is 10.2. The van der Waals surface area contributed by atoms with Gasteiger partial charge in [0.15, 0.2) is 17.5 Å². The summed E-state index contributed by atoms with van der Waals surface area (Å²) in [5.74, 6) is -5.47. The van der Waals surface area contributed by atoms with Crippen molar-refractivity contribution in [2.45, 2.75) is 5.38 Å². The third-order valence-electron chi connectivity index (χ3n) is 1.34. The summed E-state index contributed by atoms with van der Waals surface area (Å²) in [5, 5.41) is -4.04. The van der Waals surface area contributed by atoms with Crippen LogP contribution in [0.15, 0.2) is 12.1 Å². The van der Waals surface area contributed by atoms with Gasteiger partial charge in [0, 0.05) is 0 Å². The minimum atomic E-state index is -4.04. The first-order valence-electron chi connectivity index (χ1n) is 3.04. The van der Waals surface area contributed by atoms with Crippen molar-refractivity contribution < 1.29 is 22.0 Å². The van der Waals surface area contributed by atoms with E-state index in [1.165, 1.54) is 0 Å². The molecule has 0 heterocycles. The number of halogens is 6. The Labute approximate surface area is 74.9 Å². The van der Waals surface area contributed by atoms with Crippen LogP contribution < -0.4 is 0 Å². The summed E-state index contributed by atoms with van der Waals surface area (Å²) in [5.41, 5.74) is -1.38. The highest BCUT2D eigenvalue weighted by molar-refractivity contribution is 6.21. The quantitative estimate of drug-likeness (QED) is 0.383. The van der Waals surface area contributed by atoms with Gasteiger partial charge in [0.05, 0.1) is 5.56 Å². The number of benzene rings is 1. The second-order valence-corrected chi connectivity index (χ2v) is 2.70. The summed E-state index contributed by atoms with van der Waals surface area (Å²) in [7, 11) is 0. The molecule has 0 bridgehead atoms. The van der Waals surface area contributed by atoms with Gasteiger partial charge in [0.25, 0.3) is 0 Å². The van der Waals surface area contributed by atoms with Crippen LogP contribution in [0.1, 0.15) is 5.56 Å². The molecule has 0 atom stereocenters. The van der Waals surface area contributed by atoms with Crippen molar-refractivity contribution in [3.05, 3.63) is 35.1 Å². The summed E-state index contributed by atoms with van der Waals surface area (Å²) in [6.45, 7) is 0. The molecule has 0 aliphatic rings. The van der Waals surface area contributed by atoms with Crippen molar-refractivity contribution in [3.63, 3.8) is 0 Å². The van der Waals surface area contributed by atoms with E-state index in [9.17, 15) is 22.0 Å². The second-order valence-electron chi connectivity index (χ2n) is 2.22. The Kier molecular flexibility index (Phi) is 2.47. The SMILES string of the molecule is Fc1ccc(C(F)(F)Cl)c(F)c1F. The lowest BCUT2D eigenvalue weighted by Crippen LogP contribution is -2.09. The molecule has 0 aromatic heterocycles. The van der Waals surface area contributed by atoms with Gasteiger partial charge in [-0.3, -0.25) is 0 Å². The average Bonchev–Trinajstić information content (AvgIpc) is 1.98. The van der Waals surface area contributed by atoms with Crippen LogP contribution >= 0.6 is 11.6 Å². The minimum Gasteiger partial charge on any atom is -0.204 e. The molecule has 1 rings (SSSR count). The standard InChI is InChI=1S/C7H2ClF5/c8-7(12,13)3-1-2-4(9)6(11)5(3)10/h1-2H. The lowest BCUT2D eigenvalue weighted by molar-refractivity contribution is 0.0893. The molecule has 0 fully saturated rings. The summed E-state index contributed by atoms with van der Waals surface area (Å²) in [6.07, 6.45) is 0. The van der Waals surface area contributed by atoms with Crippen LogP contribution in [0.2, 0.25) is 0 Å². The highest BCUT2D eigenvalue weighted by atomic mass is 35.5. The molecule has 0 unspecified atom stereocenters. The van der Waals surface area contributed by atoms with Crippen molar-refractivity contribution in [2.75, 3.05) is 0 Å². The van der Waals surface area contributed by atoms with E-state index in [0.29, 0.717) is 12.1 Å². The highest BCUT2D eigenvalue weighted by Gasteiger charge is 2.33. The van der Waals surface area contributed by atoms with E-state index in [4.69, 9.17) is 0 Å². The minimum absolute atomic E-state index is 0.379. The molecular weight excluding hydrogens is 215 g/mol. The van der Waals surface area contributed by atoms with Crippen LogP contribution in [0.3, 0.4) is 0 Å². The molecule has 1 aromatic rings. The van der Waals surface area contributed by atoms with Gasteiger partial charge in [-0.2, -0.15) is 8.78 Å². The molecule has 0 saturated carbocycles. The third-order valence-corrected chi connectivity index (χ3v) is 1.54. The molecule has 0 saturated heterocycles. The molecule has 0 aliphatic carbocycles. The van der Waals surface area contributed by atoms with Crippen molar-refractivity contribution in [2.24, 2.45) is 0 Å². The summed E-state index contributed by atoms with van der Waals surface area (Å²) in [6, 6.07) is 0.769. The topological polar surface area (TPSA) is 0 Å². The Morgan fingerprint density at radius 1 is 1.00 bits per heavy atom. The molecule has 0 N–H and O–H groups in total. The van der Waals surface area contributed by atoms with Gasteiger partial charge in [-0.1, -0.05) is 0 Å². The lowest BCUT2D eigenvalue weighted by atomic mass is 10.2. The predicted molar refractivity (Wildman–Crippen MR) is 36.1 cm³/mol. The molecule has 0 nitrogen and oxygen atoms in total. The van der Waals surface area contributed by atoms with Crippen LogP contribution in [0, 0.1) is 17.5 Å². The largest absolute Gasteiger partial charge is 0.351 e. The van der Waals surface area contributed by atoms with Crippen molar-refractivity contribution >= 4 is 11.6 Å². The van der Waals surface area contributed by atoms with Crippen LogP contribution in [0.5, 0.6) is 0 Å². The van der Waals surface area contributed by atoms with Gasteiger partial charge < -0.3 is 0 Å². The van der Waals surface area contributed by atoms with Crippen LogP contribution in [-0.2, 0) is 5.38 Å². The van der Waals surface area contributed by atoms with E-state index >= 15 is 0 Å². The maximum atomic E-state index is 12.6. The van der Waals surface area contributed by atoms with Crippen LogP contribution in [-0.4, -0.2) is 0 Å². The smallest absolute Gasteiger partial charge is 0.204 e. The average molecular weight is 217 g/mol. The fourth-order valence-electron chi connectivity index (χ4n) is 0.745. The zero-order chi connectivity index (χ0) is 10.2. The number of hydrogen-bond donors (Lipinski definition) is 0. The van der Waals surface area contributed by atoms with E-state index in [1.54, 1.807) is 0 Å². The molecule has 0 radical (unpaired) electrons. The maximum absolute atomic E-state index is 12.6.